The highest BCUT2D eigenvalue weighted by Crippen LogP contribution is 2.35. The van der Waals surface area contributed by atoms with Crippen LogP contribution in [0.2, 0.25) is 0 Å². The monoisotopic (exact) mass is 521 g/mol. The minimum Gasteiger partial charge on any atom is -0.491 e. The summed E-state index contributed by atoms with van der Waals surface area (Å²) in [6.07, 6.45) is -1.58. The van der Waals surface area contributed by atoms with Gasteiger partial charge in [0.05, 0.1) is 12.1 Å². The summed E-state index contributed by atoms with van der Waals surface area (Å²) in [6.45, 7) is 5.56. The molecular weight excluding hydrogens is 495 g/mol. The van der Waals surface area contributed by atoms with Crippen molar-refractivity contribution in [2.75, 3.05) is 11.9 Å². The first kappa shape index (κ1) is 25.8. The van der Waals surface area contributed by atoms with Crippen LogP contribution in [-0.4, -0.2) is 40.3 Å². The van der Waals surface area contributed by atoms with Gasteiger partial charge in [0, 0.05) is 42.5 Å². The topological polar surface area (TPSA) is 97.3 Å². The molecule has 1 N–H and O–H groups in total. The van der Waals surface area contributed by atoms with Gasteiger partial charge in [0.15, 0.2) is 0 Å². The van der Waals surface area contributed by atoms with Crippen LogP contribution in [0.1, 0.15) is 49.3 Å². The Morgan fingerprint density at radius 1 is 1.11 bits per heavy atom. The van der Waals surface area contributed by atoms with Crippen LogP contribution in [0, 0.1) is 0 Å². The number of fused-ring (bicyclic) bond motifs is 1. The van der Waals surface area contributed by atoms with Crippen molar-refractivity contribution in [2.45, 2.75) is 57.0 Å². The standard InChI is InChI=1S/C24H26F3N5O3S/c1-15(2)35-20-7-5-4-6-18(20)16(3)30-23-21(8-9-22(31-23)24(25,26)27)36(33,34)32-11-10-19-17(13-32)12-28-14-29-19/h4-9,12,14-16H,10-11,13H2,1-3H3,(H,30,31)/t16-/m1/s1. The van der Waals surface area contributed by atoms with E-state index in [1.54, 1.807) is 37.4 Å². The zero-order chi connectivity index (χ0) is 26.1. The van der Waals surface area contributed by atoms with Crippen molar-refractivity contribution >= 4 is 15.8 Å². The first-order chi connectivity index (χ1) is 17.0. The van der Waals surface area contributed by atoms with Crippen molar-refractivity contribution < 1.29 is 26.3 Å². The molecule has 0 fully saturated rings. The van der Waals surface area contributed by atoms with Crippen LogP contribution < -0.4 is 10.1 Å². The molecule has 0 bridgehead atoms. The molecule has 12 heteroatoms. The number of ether oxygens (including phenoxy) is 1. The van der Waals surface area contributed by atoms with E-state index in [-0.39, 0.29) is 29.9 Å². The van der Waals surface area contributed by atoms with Crippen LogP contribution in [-0.2, 0) is 29.2 Å². The number of nitrogens with zero attached hydrogens (tertiary/aromatic N) is 4. The van der Waals surface area contributed by atoms with Crippen LogP contribution in [0.25, 0.3) is 0 Å². The van der Waals surface area contributed by atoms with Crippen molar-refractivity contribution in [3.8, 4) is 5.75 Å². The van der Waals surface area contributed by atoms with E-state index in [0.717, 1.165) is 11.8 Å². The van der Waals surface area contributed by atoms with Gasteiger partial charge < -0.3 is 10.1 Å². The zero-order valence-electron chi connectivity index (χ0n) is 20.0. The lowest BCUT2D eigenvalue weighted by atomic mass is 10.1. The molecule has 0 saturated heterocycles. The molecule has 0 aliphatic carbocycles. The molecule has 36 heavy (non-hydrogen) atoms. The fourth-order valence-corrected chi connectivity index (χ4v) is 5.49. The van der Waals surface area contributed by atoms with E-state index in [0.29, 0.717) is 29.4 Å². The lowest BCUT2D eigenvalue weighted by Crippen LogP contribution is -2.37. The highest BCUT2D eigenvalue weighted by atomic mass is 32.2. The maximum atomic E-state index is 13.6. The molecule has 1 atom stereocenters. The van der Waals surface area contributed by atoms with E-state index >= 15 is 0 Å². The van der Waals surface area contributed by atoms with Gasteiger partial charge in [0.2, 0.25) is 10.0 Å². The summed E-state index contributed by atoms with van der Waals surface area (Å²) in [5, 5.41) is 2.90. The number of nitrogens with one attached hydrogen (secondary N) is 1. The van der Waals surface area contributed by atoms with Crippen molar-refractivity contribution in [1.82, 2.24) is 19.3 Å². The van der Waals surface area contributed by atoms with E-state index in [2.05, 4.69) is 20.3 Å². The van der Waals surface area contributed by atoms with Gasteiger partial charge in [-0.3, -0.25) is 0 Å². The van der Waals surface area contributed by atoms with Gasteiger partial charge in [-0.15, -0.1) is 0 Å². The summed E-state index contributed by atoms with van der Waals surface area (Å²) in [5.41, 5.74) is 0.851. The maximum absolute atomic E-state index is 13.6. The molecule has 1 aliphatic heterocycles. The number of alkyl halides is 3. The Kier molecular flexibility index (Phi) is 7.19. The predicted octanol–water partition coefficient (Wildman–Crippen LogP) is 4.60. The quantitative estimate of drug-likeness (QED) is 0.485. The van der Waals surface area contributed by atoms with Crippen molar-refractivity contribution in [3.05, 3.63) is 71.4 Å². The molecule has 0 amide bonds. The SMILES string of the molecule is CC(C)Oc1ccccc1[C@@H](C)Nc1nc(C(F)(F)F)ccc1S(=O)(=O)N1CCc2ncncc2C1. The Morgan fingerprint density at radius 3 is 2.58 bits per heavy atom. The number of para-hydroxylation sites is 1. The minimum absolute atomic E-state index is 0.0135. The maximum Gasteiger partial charge on any atom is 0.433 e. The number of hydrogen-bond donors (Lipinski definition) is 1. The summed E-state index contributed by atoms with van der Waals surface area (Å²) in [6, 6.07) is 8.08. The van der Waals surface area contributed by atoms with Gasteiger partial charge in [-0.25, -0.2) is 23.4 Å². The molecule has 4 rings (SSSR count). The normalized spacial score (nSPS) is 15.4. The number of halogens is 3. The van der Waals surface area contributed by atoms with E-state index < -0.39 is 27.9 Å². The van der Waals surface area contributed by atoms with Crippen molar-refractivity contribution in [1.29, 1.82) is 0 Å². The van der Waals surface area contributed by atoms with Gasteiger partial charge in [0.1, 0.15) is 28.5 Å². The van der Waals surface area contributed by atoms with Gasteiger partial charge in [0.25, 0.3) is 0 Å². The molecular formula is C24H26F3N5O3S. The molecule has 192 valence electrons. The van der Waals surface area contributed by atoms with E-state index in [1.807, 2.05) is 13.8 Å². The summed E-state index contributed by atoms with van der Waals surface area (Å²) < 4.78 is 74.7. The number of benzene rings is 1. The second kappa shape index (κ2) is 10.0. The Hall–Kier alpha value is -3.25. The van der Waals surface area contributed by atoms with Crippen LogP contribution in [0.3, 0.4) is 0 Å². The zero-order valence-corrected chi connectivity index (χ0v) is 20.8. The van der Waals surface area contributed by atoms with Crippen molar-refractivity contribution in [2.24, 2.45) is 0 Å². The average molecular weight is 522 g/mol. The van der Waals surface area contributed by atoms with Crippen LogP contribution >= 0.6 is 0 Å². The summed E-state index contributed by atoms with van der Waals surface area (Å²) in [4.78, 5) is 11.5. The number of pyridine rings is 1. The van der Waals surface area contributed by atoms with Crippen molar-refractivity contribution in [3.63, 3.8) is 0 Å². The number of aromatic nitrogens is 3. The first-order valence-electron chi connectivity index (χ1n) is 11.3. The van der Waals surface area contributed by atoms with E-state index in [1.165, 1.54) is 10.6 Å². The van der Waals surface area contributed by atoms with Gasteiger partial charge >= 0.3 is 6.18 Å². The molecule has 0 saturated carbocycles. The number of sulfonamides is 1. The number of rotatable bonds is 7. The second-order valence-corrected chi connectivity index (χ2v) is 10.6. The lowest BCUT2D eigenvalue weighted by Gasteiger charge is -2.28. The third kappa shape index (κ3) is 5.44. The Labute approximate surface area is 207 Å². The second-order valence-electron chi connectivity index (χ2n) is 8.69. The molecule has 0 unspecified atom stereocenters. The van der Waals surface area contributed by atoms with Gasteiger partial charge in [-0.2, -0.15) is 17.5 Å². The lowest BCUT2D eigenvalue weighted by molar-refractivity contribution is -0.141. The van der Waals surface area contributed by atoms with Gasteiger partial charge in [-0.1, -0.05) is 18.2 Å². The predicted molar refractivity (Wildman–Crippen MR) is 127 cm³/mol. The van der Waals surface area contributed by atoms with E-state index in [9.17, 15) is 21.6 Å². The fourth-order valence-electron chi connectivity index (χ4n) is 3.98. The summed E-state index contributed by atoms with van der Waals surface area (Å²) >= 11 is 0. The molecule has 3 aromatic rings. The van der Waals surface area contributed by atoms with Crippen LogP contribution in [0.5, 0.6) is 5.75 Å². The molecule has 1 aliphatic rings. The molecule has 8 nitrogen and oxygen atoms in total. The third-order valence-electron chi connectivity index (χ3n) is 5.69. The highest BCUT2D eigenvalue weighted by molar-refractivity contribution is 7.89. The largest absolute Gasteiger partial charge is 0.491 e. The van der Waals surface area contributed by atoms with Crippen LogP contribution in [0.4, 0.5) is 19.0 Å². The fraction of sp³-hybridized carbons (Fsp3) is 0.375. The molecule has 3 heterocycles. The third-order valence-corrected chi connectivity index (χ3v) is 7.57. The van der Waals surface area contributed by atoms with E-state index in [4.69, 9.17) is 4.74 Å². The Balaban J connectivity index is 1.72. The molecule has 2 aromatic heterocycles. The Morgan fingerprint density at radius 2 is 1.86 bits per heavy atom. The first-order valence-corrected chi connectivity index (χ1v) is 12.8. The molecule has 0 radical (unpaired) electrons. The smallest absolute Gasteiger partial charge is 0.433 e. The molecule has 1 aromatic carbocycles. The summed E-state index contributed by atoms with van der Waals surface area (Å²) in [5.74, 6) is 0.156. The highest BCUT2D eigenvalue weighted by Gasteiger charge is 2.37. The van der Waals surface area contributed by atoms with Gasteiger partial charge in [-0.05, 0) is 39.0 Å². The molecule has 0 spiro atoms. The number of hydrogen-bond acceptors (Lipinski definition) is 7. The minimum atomic E-state index is -4.75. The average Bonchev–Trinajstić information content (AvgIpc) is 2.83. The Bertz CT molecular complexity index is 1350. The summed E-state index contributed by atoms with van der Waals surface area (Å²) in [7, 11) is -4.20. The van der Waals surface area contributed by atoms with Crippen LogP contribution in [0.15, 0.2) is 53.8 Å². The number of anilines is 1.